The molecule has 0 aromatic heterocycles. The zero-order valence-electron chi connectivity index (χ0n) is 17.6. The number of rotatable bonds is 7. The summed E-state index contributed by atoms with van der Waals surface area (Å²) in [4.78, 5) is 24.7. The van der Waals surface area contributed by atoms with E-state index in [0.29, 0.717) is 25.1 Å². The van der Waals surface area contributed by atoms with Crippen LogP contribution in [0, 0.1) is 23.0 Å². The van der Waals surface area contributed by atoms with Gasteiger partial charge in [-0.2, -0.15) is 4.31 Å². The van der Waals surface area contributed by atoms with Crippen molar-refractivity contribution in [1.29, 1.82) is 0 Å². The van der Waals surface area contributed by atoms with Crippen LogP contribution in [0.2, 0.25) is 0 Å². The average molecular weight is 438 g/mol. The smallest absolute Gasteiger partial charge is 0.270 e. The highest BCUT2D eigenvalue weighted by atomic mass is 32.2. The Kier molecular flexibility index (Phi) is 7.46. The van der Waals surface area contributed by atoms with Crippen molar-refractivity contribution in [2.24, 2.45) is 5.92 Å². The van der Waals surface area contributed by atoms with E-state index in [1.807, 2.05) is 0 Å². The summed E-state index contributed by atoms with van der Waals surface area (Å²) in [6.45, 7) is 2.76. The van der Waals surface area contributed by atoms with Gasteiger partial charge in [-0.05, 0) is 31.2 Å². The highest BCUT2D eigenvalue weighted by Gasteiger charge is 2.32. The van der Waals surface area contributed by atoms with Gasteiger partial charge < -0.3 is 4.90 Å². The zero-order valence-corrected chi connectivity index (χ0v) is 18.4. The van der Waals surface area contributed by atoms with E-state index in [2.05, 4.69) is 0 Å². The summed E-state index contributed by atoms with van der Waals surface area (Å²) in [7, 11) is -3.84. The van der Waals surface area contributed by atoms with Crippen LogP contribution in [0.5, 0.6) is 0 Å². The maximum atomic E-state index is 13.0. The molecule has 1 aliphatic heterocycles. The van der Waals surface area contributed by atoms with Crippen molar-refractivity contribution in [3.8, 4) is 0 Å². The van der Waals surface area contributed by atoms with Crippen LogP contribution >= 0.6 is 0 Å². The molecule has 1 aliphatic carbocycles. The summed E-state index contributed by atoms with van der Waals surface area (Å²) in [5.74, 6) is 0.848. The van der Waals surface area contributed by atoms with Crippen molar-refractivity contribution in [2.45, 2.75) is 63.2 Å². The van der Waals surface area contributed by atoms with Crippen LogP contribution in [-0.2, 0) is 14.8 Å². The normalized spacial score (nSPS) is 19.0. The lowest BCUT2D eigenvalue weighted by Crippen LogP contribution is -2.50. The summed E-state index contributed by atoms with van der Waals surface area (Å²) in [5, 5.41) is 11.0. The third-order valence-corrected chi connectivity index (χ3v) is 8.36. The number of amides is 1. The fourth-order valence-electron chi connectivity index (χ4n) is 4.47. The minimum atomic E-state index is -3.84. The van der Waals surface area contributed by atoms with Crippen molar-refractivity contribution < 1.29 is 18.1 Å². The molecule has 9 heteroatoms. The Morgan fingerprint density at radius 1 is 1.13 bits per heavy atom. The number of nitro benzene ring substituents is 1. The molecular weight excluding hydrogens is 406 g/mol. The van der Waals surface area contributed by atoms with Gasteiger partial charge in [-0.3, -0.25) is 14.9 Å². The molecule has 0 radical (unpaired) electrons. The number of carbonyl (C=O) groups excluding carboxylic acids is 1. The van der Waals surface area contributed by atoms with Crippen molar-refractivity contribution in [3.63, 3.8) is 0 Å². The summed E-state index contributed by atoms with van der Waals surface area (Å²) in [6.07, 6.45) is 9.02. The molecule has 1 aromatic carbocycles. The molecule has 0 N–H and O–H groups in total. The standard InChI is InChI=1S/C21H31N3O5S/c1-17-10-11-19(24(26)27)16-20(17)30(28,29)23-14-12-22(13-15-23)21(25)9-5-8-18-6-3-2-4-7-18/h10-11,16,18H,2-9,12-15H2,1H3. The third-order valence-electron chi connectivity index (χ3n) is 6.32. The van der Waals surface area contributed by atoms with Gasteiger partial charge >= 0.3 is 0 Å². The van der Waals surface area contributed by atoms with Gasteiger partial charge in [-0.15, -0.1) is 0 Å². The van der Waals surface area contributed by atoms with E-state index in [-0.39, 0.29) is 29.6 Å². The second kappa shape index (κ2) is 9.87. The van der Waals surface area contributed by atoms with Crippen molar-refractivity contribution in [3.05, 3.63) is 33.9 Å². The SMILES string of the molecule is Cc1ccc([N+](=O)[O-])cc1S(=O)(=O)N1CCN(C(=O)CCCC2CCCCC2)CC1. The van der Waals surface area contributed by atoms with Gasteiger partial charge in [-0.1, -0.05) is 38.2 Å². The van der Waals surface area contributed by atoms with Gasteiger partial charge in [0, 0.05) is 44.7 Å². The lowest BCUT2D eigenvalue weighted by atomic mass is 9.86. The Labute approximate surface area is 178 Å². The molecule has 1 aromatic rings. The van der Waals surface area contributed by atoms with Gasteiger partial charge in [-0.25, -0.2) is 8.42 Å². The van der Waals surface area contributed by atoms with E-state index in [9.17, 15) is 23.3 Å². The molecule has 166 valence electrons. The first kappa shape index (κ1) is 22.7. The van der Waals surface area contributed by atoms with Crippen LogP contribution in [0.3, 0.4) is 0 Å². The number of hydrogen-bond acceptors (Lipinski definition) is 5. The molecule has 0 spiro atoms. The lowest BCUT2D eigenvalue weighted by molar-refractivity contribution is -0.385. The molecule has 30 heavy (non-hydrogen) atoms. The van der Waals surface area contributed by atoms with Crippen LogP contribution in [0.15, 0.2) is 23.1 Å². The summed E-state index contributed by atoms with van der Waals surface area (Å²) < 4.78 is 27.3. The molecule has 2 fully saturated rings. The molecule has 1 amide bonds. The first-order valence-corrected chi connectivity index (χ1v) is 12.3. The number of sulfonamides is 1. The second-order valence-electron chi connectivity index (χ2n) is 8.39. The zero-order chi connectivity index (χ0) is 21.7. The van der Waals surface area contributed by atoms with E-state index in [1.165, 1.54) is 48.5 Å². The molecule has 0 atom stereocenters. The fraction of sp³-hybridized carbons (Fsp3) is 0.667. The van der Waals surface area contributed by atoms with Crippen LogP contribution in [0.25, 0.3) is 0 Å². The Morgan fingerprint density at radius 2 is 1.80 bits per heavy atom. The van der Waals surface area contributed by atoms with Gasteiger partial charge in [0.15, 0.2) is 0 Å². The predicted octanol–water partition coefficient (Wildman–Crippen LogP) is 3.49. The highest BCUT2D eigenvalue weighted by molar-refractivity contribution is 7.89. The Morgan fingerprint density at radius 3 is 2.43 bits per heavy atom. The summed E-state index contributed by atoms with van der Waals surface area (Å²) >= 11 is 0. The van der Waals surface area contributed by atoms with Crippen LogP contribution in [0.4, 0.5) is 5.69 Å². The molecule has 0 bridgehead atoms. The molecule has 8 nitrogen and oxygen atoms in total. The van der Waals surface area contributed by atoms with Gasteiger partial charge in [0.1, 0.15) is 0 Å². The van der Waals surface area contributed by atoms with Gasteiger partial charge in [0.2, 0.25) is 15.9 Å². The second-order valence-corrected chi connectivity index (χ2v) is 10.3. The highest BCUT2D eigenvalue weighted by Crippen LogP contribution is 2.28. The first-order valence-electron chi connectivity index (χ1n) is 10.8. The molecule has 3 rings (SSSR count). The number of carbonyl (C=O) groups is 1. The molecular formula is C21H31N3O5S. The van der Waals surface area contributed by atoms with E-state index in [0.717, 1.165) is 24.8 Å². The van der Waals surface area contributed by atoms with Crippen LogP contribution < -0.4 is 0 Å². The summed E-state index contributed by atoms with van der Waals surface area (Å²) in [6, 6.07) is 3.88. The van der Waals surface area contributed by atoms with Crippen molar-refractivity contribution in [1.82, 2.24) is 9.21 Å². The van der Waals surface area contributed by atoms with Crippen LogP contribution in [-0.4, -0.2) is 54.6 Å². The molecule has 1 saturated carbocycles. The monoisotopic (exact) mass is 437 g/mol. The molecule has 0 unspecified atom stereocenters. The van der Waals surface area contributed by atoms with Gasteiger partial charge in [0.25, 0.3) is 5.69 Å². The average Bonchev–Trinajstić information content (AvgIpc) is 2.74. The molecule has 1 heterocycles. The number of hydrogen-bond donors (Lipinski definition) is 0. The number of aryl methyl sites for hydroxylation is 1. The quantitative estimate of drug-likeness (QED) is 0.480. The van der Waals surface area contributed by atoms with Crippen LogP contribution in [0.1, 0.15) is 56.9 Å². The van der Waals surface area contributed by atoms with E-state index < -0.39 is 14.9 Å². The first-order chi connectivity index (χ1) is 14.3. The lowest BCUT2D eigenvalue weighted by Gasteiger charge is -2.34. The number of non-ortho nitro benzene ring substituents is 1. The van der Waals surface area contributed by atoms with E-state index in [4.69, 9.17) is 0 Å². The maximum absolute atomic E-state index is 13.0. The molecule has 2 aliphatic rings. The Hall–Kier alpha value is -2.00. The van der Waals surface area contributed by atoms with Crippen molar-refractivity contribution >= 4 is 21.6 Å². The Balaban J connectivity index is 1.53. The minimum Gasteiger partial charge on any atom is -0.340 e. The predicted molar refractivity (Wildman–Crippen MR) is 114 cm³/mol. The number of nitrogens with zero attached hydrogens (tertiary/aromatic N) is 3. The number of piperazine rings is 1. The third kappa shape index (κ3) is 5.37. The number of benzene rings is 1. The van der Waals surface area contributed by atoms with Crippen molar-refractivity contribution in [2.75, 3.05) is 26.2 Å². The maximum Gasteiger partial charge on any atom is 0.270 e. The minimum absolute atomic E-state index is 0.0380. The largest absolute Gasteiger partial charge is 0.340 e. The van der Waals surface area contributed by atoms with E-state index in [1.54, 1.807) is 11.8 Å². The fourth-order valence-corrected chi connectivity index (χ4v) is 6.14. The topological polar surface area (TPSA) is 101 Å². The number of nitro groups is 1. The van der Waals surface area contributed by atoms with Gasteiger partial charge in [0.05, 0.1) is 9.82 Å². The molecule has 1 saturated heterocycles. The van der Waals surface area contributed by atoms with E-state index >= 15 is 0 Å². The Bertz CT molecular complexity index is 873. The summed E-state index contributed by atoms with van der Waals surface area (Å²) in [5.41, 5.74) is 0.229.